The molecule has 5 aromatic rings. The van der Waals surface area contributed by atoms with Crippen LogP contribution < -0.4 is 10.2 Å². The van der Waals surface area contributed by atoms with Crippen molar-refractivity contribution in [3.63, 3.8) is 0 Å². The Balaban J connectivity index is 0.000000193. The second-order valence-electron chi connectivity index (χ2n) is 6.87. The number of pyridine rings is 5. The fourth-order valence-corrected chi connectivity index (χ4v) is 2.69. The van der Waals surface area contributed by atoms with Crippen molar-refractivity contribution in [3.05, 3.63) is 127 Å². The number of nitrogens with zero attached hydrogens (tertiary/aromatic N) is 5. The molecule has 0 bridgehead atoms. The molecule has 0 unspecified atom stereocenters. The zero-order valence-electron chi connectivity index (χ0n) is 19.5. The van der Waals surface area contributed by atoms with Gasteiger partial charge in [0.1, 0.15) is 0 Å². The molecule has 0 amide bonds. The molecule has 37 heavy (non-hydrogen) atoms. The number of rotatable bonds is 4. The first-order chi connectivity index (χ1) is 17.5. The van der Waals surface area contributed by atoms with Crippen LogP contribution in [0.4, 0.5) is 0 Å². The Bertz CT molecular complexity index is 1180. The minimum absolute atomic E-state index is 0. The normalized spacial score (nSPS) is 9.30. The summed E-state index contributed by atoms with van der Waals surface area (Å²) in [6, 6.07) is 25.3. The maximum absolute atomic E-state index is 10.2. The largest absolute Gasteiger partial charge is 2.00 e. The molecule has 5 heterocycles. The molecule has 0 N–H and O–H groups in total. The number of carbonyl (C=O) groups is 2. The average molecular weight is 543 g/mol. The molecule has 10 heteroatoms. The van der Waals surface area contributed by atoms with Gasteiger partial charge in [-0.3, -0.25) is 24.9 Å². The summed E-state index contributed by atoms with van der Waals surface area (Å²) in [5, 5.41) is 20.3. The van der Waals surface area contributed by atoms with Crippen molar-refractivity contribution in [2.45, 2.75) is 0 Å². The van der Waals surface area contributed by atoms with Crippen LogP contribution in [0.5, 0.6) is 0 Å². The summed E-state index contributed by atoms with van der Waals surface area (Å²) >= 11 is 0. The van der Waals surface area contributed by atoms with Gasteiger partial charge in [0, 0.05) is 36.5 Å². The van der Waals surface area contributed by atoms with Crippen LogP contribution in [-0.2, 0) is 19.5 Å². The molecule has 0 spiro atoms. The third-order valence-corrected chi connectivity index (χ3v) is 4.39. The van der Waals surface area contributed by atoms with Gasteiger partial charge in [-0.05, 0) is 60.7 Å². The summed E-state index contributed by atoms with van der Waals surface area (Å²) in [5.41, 5.74) is 3.19. The zero-order valence-corrected chi connectivity index (χ0v) is 22.5. The Morgan fingerprint density at radius 3 is 1.08 bits per heavy atom. The van der Waals surface area contributed by atoms with Crippen LogP contribution in [0.1, 0.15) is 20.8 Å². The van der Waals surface area contributed by atoms with Crippen molar-refractivity contribution in [2.24, 2.45) is 0 Å². The number of aromatic carboxylic acids is 2. The van der Waals surface area contributed by atoms with Crippen LogP contribution in [0, 0.1) is 0 Å². The maximum atomic E-state index is 10.2. The Labute approximate surface area is 225 Å². The minimum atomic E-state index is -1.44. The van der Waals surface area contributed by atoms with E-state index in [9.17, 15) is 19.8 Å². The molecule has 0 fully saturated rings. The van der Waals surface area contributed by atoms with E-state index in [1.807, 2.05) is 72.8 Å². The predicted molar refractivity (Wildman–Crippen MR) is 128 cm³/mol. The standard InChI is InChI=1S/2C10H8N2.C7H5NO4.Zn/c2*1-3-7-11-9(5-1)10-6-2-4-8-12-10;9-6(10)4-1-2-5(7(11)12)8-3-4;/h2*1-8H;1-3H,(H,9,10)(H,11,12);/q;;;+2/p-2. The quantitative estimate of drug-likeness (QED) is 0.312. The summed E-state index contributed by atoms with van der Waals surface area (Å²) in [5.74, 6) is -2.84. The van der Waals surface area contributed by atoms with E-state index in [2.05, 4.69) is 24.9 Å². The van der Waals surface area contributed by atoms with Crippen molar-refractivity contribution in [1.29, 1.82) is 0 Å². The summed E-state index contributed by atoms with van der Waals surface area (Å²) < 4.78 is 0. The number of carboxylic acids is 2. The van der Waals surface area contributed by atoms with E-state index >= 15 is 0 Å². The summed E-state index contributed by atoms with van der Waals surface area (Å²) in [4.78, 5) is 40.4. The van der Waals surface area contributed by atoms with Crippen LogP contribution in [0.3, 0.4) is 0 Å². The van der Waals surface area contributed by atoms with E-state index in [0.717, 1.165) is 41.1 Å². The number of aromatic nitrogens is 5. The fourth-order valence-electron chi connectivity index (χ4n) is 2.69. The van der Waals surface area contributed by atoms with Gasteiger partial charge in [0.25, 0.3) is 0 Å². The summed E-state index contributed by atoms with van der Waals surface area (Å²) in [6.45, 7) is 0. The number of carboxylic acid groups (broad SMARTS) is 2. The molecule has 178 valence electrons. The van der Waals surface area contributed by atoms with E-state index in [1.165, 1.54) is 0 Å². The third-order valence-electron chi connectivity index (χ3n) is 4.39. The van der Waals surface area contributed by atoms with Gasteiger partial charge in [0.05, 0.1) is 40.4 Å². The second kappa shape index (κ2) is 15.3. The molecule has 0 atom stereocenters. The molecule has 0 saturated heterocycles. The van der Waals surface area contributed by atoms with Crippen molar-refractivity contribution in [1.82, 2.24) is 24.9 Å². The van der Waals surface area contributed by atoms with E-state index in [-0.39, 0.29) is 30.7 Å². The molecule has 0 aliphatic rings. The van der Waals surface area contributed by atoms with Gasteiger partial charge >= 0.3 is 19.5 Å². The molecule has 0 aliphatic carbocycles. The van der Waals surface area contributed by atoms with Gasteiger partial charge in [0.2, 0.25) is 0 Å². The van der Waals surface area contributed by atoms with E-state index in [4.69, 9.17) is 0 Å². The van der Waals surface area contributed by atoms with Crippen molar-refractivity contribution in [2.75, 3.05) is 0 Å². The van der Waals surface area contributed by atoms with Crippen LogP contribution in [0.2, 0.25) is 0 Å². The fraction of sp³-hybridized carbons (Fsp3) is 0. The molecular formula is C27H19N5O4Zn. The molecule has 0 radical (unpaired) electrons. The zero-order chi connectivity index (χ0) is 25.6. The van der Waals surface area contributed by atoms with Gasteiger partial charge in [-0.25, -0.2) is 0 Å². The molecule has 0 aromatic carbocycles. The Morgan fingerprint density at radius 2 is 0.865 bits per heavy atom. The molecule has 0 aliphatic heterocycles. The van der Waals surface area contributed by atoms with E-state index < -0.39 is 11.9 Å². The van der Waals surface area contributed by atoms with Gasteiger partial charge in [-0.15, -0.1) is 0 Å². The Hall–Kier alpha value is -4.69. The minimum Gasteiger partial charge on any atom is -0.545 e. The first kappa shape index (κ1) is 28.5. The Morgan fingerprint density at radius 1 is 0.486 bits per heavy atom. The van der Waals surface area contributed by atoms with Crippen LogP contribution in [0.25, 0.3) is 22.8 Å². The van der Waals surface area contributed by atoms with Crippen molar-refractivity contribution >= 4 is 11.9 Å². The number of hydrogen-bond donors (Lipinski definition) is 0. The Kier molecular flexibility index (Phi) is 11.8. The monoisotopic (exact) mass is 541 g/mol. The second-order valence-corrected chi connectivity index (χ2v) is 6.87. The first-order valence-electron chi connectivity index (χ1n) is 10.6. The molecule has 5 aromatic heterocycles. The molecule has 5 rings (SSSR count). The molecular weight excluding hydrogens is 524 g/mol. The van der Waals surface area contributed by atoms with Crippen LogP contribution in [-0.4, -0.2) is 36.9 Å². The van der Waals surface area contributed by atoms with Crippen LogP contribution >= 0.6 is 0 Å². The van der Waals surface area contributed by atoms with E-state index in [1.54, 1.807) is 24.8 Å². The van der Waals surface area contributed by atoms with Gasteiger partial charge in [0.15, 0.2) is 0 Å². The number of carbonyl (C=O) groups excluding carboxylic acids is 2. The van der Waals surface area contributed by atoms with Gasteiger partial charge < -0.3 is 19.8 Å². The maximum Gasteiger partial charge on any atom is 2.00 e. The molecule has 0 saturated carbocycles. The number of hydrogen-bond acceptors (Lipinski definition) is 9. The van der Waals surface area contributed by atoms with Crippen molar-refractivity contribution in [3.8, 4) is 22.8 Å². The van der Waals surface area contributed by atoms with Crippen LogP contribution in [0.15, 0.2) is 116 Å². The molecule has 9 nitrogen and oxygen atoms in total. The first-order valence-corrected chi connectivity index (χ1v) is 10.6. The smallest absolute Gasteiger partial charge is 0.545 e. The summed E-state index contributed by atoms with van der Waals surface area (Å²) in [6.07, 6.45) is 7.97. The summed E-state index contributed by atoms with van der Waals surface area (Å²) in [7, 11) is 0. The predicted octanol–water partition coefficient (Wildman–Crippen LogP) is 2.09. The van der Waals surface area contributed by atoms with Gasteiger partial charge in [-0.2, -0.15) is 0 Å². The van der Waals surface area contributed by atoms with E-state index in [0.29, 0.717) is 0 Å². The van der Waals surface area contributed by atoms with Crippen molar-refractivity contribution < 1.29 is 39.3 Å². The third kappa shape index (κ3) is 9.47. The average Bonchev–Trinajstić information content (AvgIpc) is 2.96. The van der Waals surface area contributed by atoms with Gasteiger partial charge in [-0.1, -0.05) is 24.3 Å². The SMILES string of the molecule is O=C([O-])c1ccc(C(=O)[O-])nc1.[Zn+2].c1ccc(-c2ccccn2)nc1.c1ccc(-c2ccccn2)nc1. The topological polar surface area (TPSA) is 145 Å².